The molecule has 4 aliphatic carbocycles. The third-order valence-corrected chi connectivity index (χ3v) is 5.86. The molecule has 7 atom stereocenters. The van der Waals surface area contributed by atoms with Crippen molar-refractivity contribution in [1.82, 2.24) is 4.90 Å². The molecule has 5 nitrogen and oxygen atoms in total. The molecule has 0 unspecified atom stereocenters. The van der Waals surface area contributed by atoms with Crippen LogP contribution in [0.2, 0.25) is 0 Å². The second-order valence-corrected chi connectivity index (χ2v) is 7.23. The average Bonchev–Trinajstić information content (AvgIpc) is 3.19. The smallest absolute Gasteiger partial charge is 0.327 e. The maximum absolute atomic E-state index is 12.8. The summed E-state index contributed by atoms with van der Waals surface area (Å²) in [5.41, 5.74) is 0. The summed E-state index contributed by atoms with van der Waals surface area (Å²) >= 11 is 0. The van der Waals surface area contributed by atoms with Gasteiger partial charge in [-0.25, -0.2) is 4.79 Å². The summed E-state index contributed by atoms with van der Waals surface area (Å²) in [5.74, 6) is -1.12. The summed E-state index contributed by atoms with van der Waals surface area (Å²) in [6.07, 6.45) is 5.31. The highest BCUT2D eigenvalue weighted by molar-refractivity contribution is 6.08. The third-order valence-electron chi connectivity index (χ3n) is 5.86. The van der Waals surface area contributed by atoms with E-state index in [1.54, 1.807) is 13.8 Å². The Hall–Kier alpha value is -1.65. The van der Waals surface area contributed by atoms with E-state index >= 15 is 0 Å². The number of likely N-dealkylation sites (tertiary alicyclic amines) is 1. The molecule has 5 rings (SSSR count). The van der Waals surface area contributed by atoms with Crippen molar-refractivity contribution in [3.8, 4) is 0 Å². The van der Waals surface area contributed by atoms with E-state index in [1.165, 1.54) is 0 Å². The number of carboxylic acids is 1. The number of carbonyl (C=O) groups excluding carboxylic acids is 2. The van der Waals surface area contributed by atoms with Gasteiger partial charge in [0.2, 0.25) is 11.8 Å². The SMILES string of the molecule is CC(C)[C@H](C(=O)O)N1C(=O)[C@@H]2[C@H]3C=C[C@H]([C@@H]4C[C@H]34)[C@@H]2C1=O. The van der Waals surface area contributed by atoms with Gasteiger partial charge in [0.05, 0.1) is 11.8 Å². The summed E-state index contributed by atoms with van der Waals surface area (Å²) in [6.45, 7) is 3.48. The molecule has 21 heavy (non-hydrogen) atoms. The molecule has 0 aromatic rings. The summed E-state index contributed by atoms with van der Waals surface area (Å²) < 4.78 is 0. The Morgan fingerprint density at radius 1 is 1.14 bits per heavy atom. The minimum Gasteiger partial charge on any atom is -0.480 e. The molecule has 0 radical (unpaired) electrons. The number of carboxylic acid groups (broad SMARTS) is 1. The Morgan fingerprint density at radius 2 is 1.62 bits per heavy atom. The van der Waals surface area contributed by atoms with Crippen LogP contribution in [0.5, 0.6) is 0 Å². The Labute approximate surface area is 123 Å². The van der Waals surface area contributed by atoms with Crippen molar-refractivity contribution in [2.45, 2.75) is 26.3 Å². The van der Waals surface area contributed by atoms with Gasteiger partial charge >= 0.3 is 5.97 Å². The zero-order chi connectivity index (χ0) is 15.0. The molecule has 2 amide bonds. The van der Waals surface area contributed by atoms with Crippen molar-refractivity contribution in [3.05, 3.63) is 12.2 Å². The predicted molar refractivity (Wildman–Crippen MR) is 72.8 cm³/mol. The van der Waals surface area contributed by atoms with Crippen LogP contribution in [0.15, 0.2) is 12.2 Å². The van der Waals surface area contributed by atoms with Crippen LogP contribution in [0, 0.1) is 41.4 Å². The summed E-state index contributed by atoms with van der Waals surface area (Å²) in [7, 11) is 0. The molecule has 5 aliphatic rings. The number of allylic oxidation sites excluding steroid dienone is 2. The molecule has 2 bridgehead atoms. The van der Waals surface area contributed by atoms with Crippen LogP contribution in [0.1, 0.15) is 20.3 Å². The fraction of sp³-hybridized carbons (Fsp3) is 0.688. The topological polar surface area (TPSA) is 74.7 Å². The standard InChI is InChI=1S/C16H19NO4/c1-6(2)13(16(20)21)17-14(18)11-7-3-4-8(10-5-9(7)10)12(11)15(17)19/h3-4,6-13H,5H2,1-2H3,(H,20,21)/t7-,8+,9+,10-,11+,12-,13-/m1/s1. The second-order valence-electron chi connectivity index (χ2n) is 7.23. The largest absolute Gasteiger partial charge is 0.480 e. The molecule has 3 fully saturated rings. The first kappa shape index (κ1) is 13.0. The van der Waals surface area contributed by atoms with E-state index in [0.29, 0.717) is 11.8 Å². The van der Waals surface area contributed by atoms with Gasteiger partial charge in [-0.2, -0.15) is 0 Å². The van der Waals surface area contributed by atoms with Gasteiger partial charge in [0.15, 0.2) is 0 Å². The van der Waals surface area contributed by atoms with Crippen LogP contribution < -0.4 is 0 Å². The number of rotatable bonds is 3. The minimum atomic E-state index is -1.09. The van der Waals surface area contributed by atoms with Crippen molar-refractivity contribution in [2.24, 2.45) is 41.4 Å². The molecule has 1 heterocycles. The van der Waals surface area contributed by atoms with Crippen molar-refractivity contribution < 1.29 is 19.5 Å². The van der Waals surface area contributed by atoms with Gasteiger partial charge in [-0.05, 0) is 36.0 Å². The molecule has 0 aromatic carbocycles. The molecule has 112 valence electrons. The number of hydrogen-bond acceptors (Lipinski definition) is 3. The van der Waals surface area contributed by atoms with Crippen LogP contribution in [-0.4, -0.2) is 33.8 Å². The fourth-order valence-corrected chi connectivity index (χ4v) is 4.95. The lowest BCUT2D eigenvalue weighted by Gasteiger charge is -2.37. The highest BCUT2D eigenvalue weighted by Crippen LogP contribution is 2.65. The highest BCUT2D eigenvalue weighted by atomic mass is 16.4. The Bertz CT molecular complexity index is 545. The normalized spacial score (nSPS) is 44.0. The van der Waals surface area contributed by atoms with Crippen LogP contribution in [0.25, 0.3) is 0 Å². The van der Waals surface area contributed by atoms with Gasteiger partial charge in [0, 0.05) is 0 Å². The van der Waals surface area contributed by atoms with Crippen LogP contribution >= 0.6 is 0 Å². The molecule has 5 heteroatoms. The van der Waals surface area contributed by atoms with Crippen molar-refractivity contribution >= 4 is 17.8 Å². The molecular formula is C16H19NO4. The second kappa shape index (κ2) is 3.96. The van der Waals surface area contributed by atoms with E-state index in [4.69, 9.17) is 0 Å². The van der Waals surface area contributed by atoms with Crippen LogP contribution in [0.3, 0.4) is 0 Å². The zero-order valence-electron chi connectivity index (χ0n) is 12.1. The Morgan fingerprint density at radius 3 is 2.00 bits per heavy atom. The molecule has 1 aliphatic heterocycles. The van der Waals surface area contributed by atoms with Crippen molar-refractivity contribution in [1.29, 1.82) is 0 Å². The highest BCUT2D eigenvalue weighted by Gasteiger charge is 2.68. The lowest BCUT2D eigenvalue weighted by atomic mass is 9.63. The number of hydrogen-bond donors (Lipinski definition) is 1. The Balaban J connectivity index is 1.73. The van der Waals surface area contributed by atoms with E-state index < -0.39 is 12.0 Å². The van der Waals surface area contributed by atoms with E-state index in [9.17, 15) is 19.5 Å². The quantitative estimate of drug-likeness (QED) is 0.624. The maximum atomic E-state index is 12.8. The monoisotopic (exact) mass is 289 g/mol. The van der Waals surface area contributed by atoms with Gasteiger partial charge in [0.1, 0.15) is 6.04 Å². The van der Waals surface area contributed by atoms with Crippen molar-refractivity contribution in [3.63, 3.8) is 0 Å². The first-order valence-electron chi connectivity index (χ1n) is 7.71. The molecule has 0 spiro atoms. The van der Waals surface area contributed by atoms with Gasteiger partial charge in [-0.15, -0.1) is 0 Å². The number of amides is 2. The number of carbonyl (C=O) groups is 3. The third kappa shape index (κ3) is 1.49. The Kier molecular flexibility index (Phi) is 2.46. The zero-order valence-corrected chi connectivity index (χ0v) is 12.1. The first-order valence-corrected chi connectivity index (χ1v) is 7.71. The van der Waals surface area contributed by atoms with E-state index in [0.717, 1.165) is 11.3 Å². The van der Waals surface area contributed by atoms with Crippen LogP contribution in [-0.2, 0) is 14.4 Å². The van der Waals surface area contributed by atoms with E-state index in [2.05, 4.69) is 12.2 Å². The molecule has 2 saturated carbocycles. The predicted octanol–water partition coefficient (Wildman–Crippen LogP) is 1.15. The average molecular weight is 289 g/mol. The van der Waals surface area contributed by atoms with Gasteiger partial charge in [0.25, 0.3) is 0 Å². The van der Waals surface area contributed by atoms with Gasteiger partial charge < -0.3 is 5.11 Å². The number of aliphatic carboxylic acids is 1. The molecule has 1 saturated heterocycles. The van der Waals surface area contributed by atoms with E-state index in [1.807, 2.05) is 0 Å². The summed E-state index contributed by atoms with van der Waals surface area (Å²) in [6, 6.07) is -1.04. The van der Waals surface area contributed by atoms with Crippen molar-refractivity contribution in [2.75, 3.05) is 0 Å². The summed E-state index contributed by atoms with van der Waals surface area (Å²) in [4.78, 5) is 38.1. The number of imide groups is 1. The number of nitrogens with zero attached hydrogens (tertiary/aromatic N) is 1. The minimum absolute atomic E-state index is 0.146. The maximum Gasteiger partial charge on any atom is 0.327 e. The van der Waals surface area contributed by atoms with Gasteiger partial charge in [-0.1, -0.05) is 26.0 Å². The first-order chi connectivity index (χ1) is 9.93. The van der Waals surface area contributed by atoms with E-state index in [-0.39, 0.29) is 41.4 Å². The summed E-state index contributed by atoms with van der Waals surface area (Å²) in [5, 5.41) is 9.42. The van der Waals surface area contributed by atoms with Gasteiger partial charge in [-0.3, -0.25) is 14.5 Å². The molecule has 1 N–H and O–H groups in total. The lowest BCUT2D eigenvalue weighted by molar-refractivity contribution is -0.157. The lowest BCUT2D eigenvalue weighted by Crippen LogP contribution is -2.48. The fourth-order valence-electron chi connectivity index (χ4n) is 4.95. The molecule has 0 aromatic heterocycles. The molecular weight excluding hydrogens is 270 g/mol. The van der Waals surface area contributed by atoms with Crippen LogP contribution in [0.4, 0.5) is 0 Å².